The first kappa shape index (κ1) is 30.4. The van der Waals surface area contributed by atoms with Crippen molar-refractivity contribution in [3.8, 4) is 0 Å². The lowest BCUT2D eigenvalue weighted by molar-refractivity contribution is -0.372. The molecule has 0 aromatic carbocycles. The molecule has 1 amide bonds. The zero-order valence-corrected chi connectivity index (χ0v) is 19.7. The van der Waals surface area contributed by atoms with E-state index >= 15 is 0 Å². The molecular formula is C20H35NO16. The molecule has 17 nitrogen and oxygen atoms in total. The fourth-order valence-corrected chi connectivity index (χ4v) is 4.46. The highest BCUT2D eigenvalue weighted by atomic mass is 16.7. The Morgan fingerprint density at radius 2 is 1.14 bits per heavy atom. The third-order valence-corrected chi connectivity index (χ3v) is 6.49. The fourth-order valence-electron chi connectivity index (χ4n) is 4.46. The zero-order chi connectivity index (χ0) is 27.6. The predicted molar refractivity (Wildman–Crippen MR) is 113 cm³/mol. The molecule has 3 saturated heterocycles. The van der Waals surface area contributed by atoms with Gasteiger partial charge in [-0.25, -0.2) is 0 Å². The number of hydrogen-bond acceptors (Lipinski definition) is 16. The minimum absolute atomic E-state index is 0.637. The molecular weight excluding hydrogens is 510 g/mol. The van der Waals surface area contributed by atoms with Crippen molar-refractivity contribution in [2.75, 3.05) is 19.8 Å². The molecule has 0 aromatic rings. The second kappa shape index (κ2) is 12.8. The Labute approximate surface area is 210 Å². The Bertz CT molecular complexity index is 743. The molecule has 0 aliphatic carbocycles. The van der Waals surface area contributed by atoms with Crippen molar-refractivity contribution < 1.29 is 79.5 Å². The van der Waals surface area contributed by atoms with Crippen LogP contribution in [0.5, 0.6) is 0 Å². The van der Waals surface area contributed by atoms with Crippen LogP contribution >= 0.6 is 0 Å². The molecule has 17 heteroatoms. The molecule has 0 aromatic heterocycles. The number of carbonyl (C=O) groups excluding carboxylic acids is 1. The monoisotopic (exact) mass is 545 g/mol. The number of hydrogen-bond donors (Lipinski definition) is 11. The van der Waals surface area contributed by atoms with Crippen LogP contribution in [0.25, 0.3) is 0 Å². The summed E-state index contributed by atoms with van der Waals surface area (Å²) in [6.45, 7) is -1.21. The SMILES string of the molecule is CC(=O)N[C@@H]1[C@H](O[C@H]2[C@H](O)[C@@H](O)[C@H](O[C@H]3[C@H](O)[C@@H](O)[C@@H](O)O[C@@H]3CO)O[C@@H]2CO)O[C@H](CO)[C@@H](O)[C@@H]1O. The molecule has 0 spiro atoms. The number of rotatable bonds is 8. The van der Waals surface area contributed by atoms with Gasteiger partial charge in [0.1, 0.15) is 73.2 Å². The van der Waals surface area contributed by atoms with Gasteiger partial charge in [0.05, 0.1) is 19.8 Å². The molecule has 3 rings (SSSR count). The minimum Gasteiger partial charge on any atom is -0.394 e. The van der Waals surface area contributed by atoms with Crippen LogP contribution in [0.4, 0.5) is 0 Å². The first-order valence-electron chi connectivity index (χ1n) is 11.6. The zero-order valence-electron chi connectivity index (χ0n) is 19.7. The maximum Gasteiger partial charge on any atom is 0.217 e. The minimum atomic E-state index is -1.92. The Hall–Kier alpha value is -1.13. The fraction of sp³-hybridized carbons (Fsp3) is 0.950. The normalized spacial score (nSPS) is 49.0. The van der Waals surface area contributed by atoms with E-state index in [1.54, 1.807) is 0 Å². The molecule has 3 aliphatic rings. The predicted octanol–water partition coefficient (Wildman–Crippen LogP) is -7.43. The quantitative estimate of drug-likeness (QED) is 0.135. The average Bonchev–Trinajstić information content (AvgIpc) is 2.87. The summed E-state index contributed by atoms with van der Waals surface area (Å²) in [5.74, 6) is -0.637. The summed E-state index contributed by atoms with van der Waals surface area (Å²) < 4.78 is 27.0. The highest BCUT2D eigenvalue weighted by molar-refractivity contribution is 5.73. The lowest BCUT2D eigenvalue weighted by atomic mass is 9.95. The highest BCUT2D eigenvalue weighted by Gasteiger charge is 2.53. The van der Waals surface area contributed by atoms with Crippen LogP contribution in [0.2, 0.25) is 0 Å². The van der Waals surface area contributed by atoms with Crippen molar-refractivity contribution in [2.45, 2.75) is 99.0 Å². The Balaban J connectivity index is 1.77. The van der Waals surface area contributed by atoms with Gasteiger partial charge in [-0.15, -0.1) is 0 Å². The smallest absolute Gasteiger partial charge is 0.217 e. The van der Waals surface area contributed by atoms with Crippen LogP contribution in [-0.2, 0) is 28.5 Å². The summed E-state index contributed by atoms with van der Waals surface area (Å²) in [6, 6.07) is -1.39. The van der Waals surface area contributed by atoms with E-state index in [1.807, 2.05) is 0 Å². The van der Waals surface area contributed by atoms with Gasteiger partial charge in [0.2, 0.25) is 5.91 Å². The van der Waals surface area contributed by atoms with Gasteiger partial charge >= 0.3 is 0 Å². The van der Waals surface area contributed by atoms with Gasteiger partial charge in [0.15, 0.2) is 18.9 Å². The summed E-state index contributed by atoms with van der Waals surface area (Å²) in [6.07, 6.45) is -23.1. The number of carbonyl (C=O) groups is 1. The van der Waals surface area contributed by atoms with Crippen molar-refractivity contribution in [1.29, 1.82) is 0 Å². The standard InChI is InChI=1S/C20H35NO16/c1-5(25)21-9-11(27)10(26)6(2-22)34-19(9)36-17-8(4-24)35-20(15(31)13(17)29)37-16-7(3-23)33-18(32)14(30)12(16)28/h6-20,22-24,26-32H,2-4H2,1H3,(H,21,25)/t6-,7-,8-,9+,10-,11-,12-,13-,14-,15-,16-,17-,18+,19+,20+/m1/s1. The summed E-state index contributed by atoms with van der Waals surface area (Å²) >= 11 is 0. The summed E-state index contributed by atoms with van der Waals surface area (Å²) in [7, 11) is 0. The Morgan fingerprint density at radius 3 is 1.68 bits per heavy atom. The third-order valence-electron chi connectivity index (χ3n) is 6.49. The molecule has 3 aliphatic heterocycles. The molecule has 0 saturated carbocycles. The highest BCUT2D eigenvalue weighted by Crippen LogP contribution is 2.32. The van der Waals surface area contributed by atoms with Crippen LogP contribution in [-0.4, -0.2) is 169 Å². The number of ether oxygens (including phenoxy) is 5. The van der Waals surface area contributed by atoms with Crippen molar-refractivity contribution in [3.05, 3.63) is 0 Å². The number of amides is 1. The van der Waals surface area contributed by atoms with Gasteiger partial charge in [-0.2, -0.15) is 0 Å². The van der Waals surface area contributed by atoms with Crippen LogP contribution in [0.15, 0.2) is 0 Å². The van der Waals surface area contributed by atoms with Gasteiger partial charge in [0, 0.05) is 6.92 Å². The maximum atomic E-state index is 11.6. The number of nitrogens with one attached hydrogen (secondary N) is 1. The van der Waals surface area contributed by atoms with E-state index in [2.05, 4.69) is 5.32 Å². The molecule has 37 heavy (non-hydrogen) atoms. The molecule has 3 fully saturated rings. The molecule has 0 bridgehead atoms. The van der Waals surface area contributed by atoms with E-state index in [4.69, 9.17) is 23.7 Å². The Kier molecular flexibility index (Phi) is 10.5. The van der Waals surface area contributed by atoms with Crippen molar-refractivity contribution in [2.24, 2.45) is 0 Å². The average molecular weight is 545 g/mol. The Morgan fingerprint density at radius 1 is 0.649 bits per heavy atom. The van der Waals surface area contributed by atoms with E-state index in [0.29, 0.717) is 0 Å². The molecule has 216 valence electrons. The van der Waals surface area contributed by atoms with Gasteiger partial charge in [-0.05, 0) is 0 Å². The summed E-state index contributed by atoms with van der Waals surface area (Å²) in [4.78, 5) is 11.6. The number of aliphatic hydroxyl groups excluding tert-OH is 10. The second-order valence-corrected chi connectivity index (χ2v) is 9.07. The largest absolute Gasteiger partial charge is 0.394 e. The lowest BCUT2D eigenvalue weighted by Crippen LogP contribution is -2.68. The number of aliphatic hydroxyl groups is 10. The van der Waals surface area contributed by atoms with Gasteiger partial charge in [-0.1, -0.05) is 0 Å². The van der Waals surface area contributed by atoms with Crippen molar-refractivity contribution >= 4 is 5.91 Å². The van der Waals surface area contributed by atoms with Crippen LogP contribution in [0, 0.1) is 0 Å². The molecule has 0 unspecified atom stereocenters. The van der Waals surface area contributed by atoms with Crippen LogP contribution < -0.4 is 5.32 Å². The van der Waals surface area contributed by atoms with E-state index in [-0.39, 0.29) is 0 Å². The van der Waals surface area contributed by atoms with Crippen LogP contribution in [0.3, 0.4) is 0 Å². The summed E-state index contributed by atoms with van der Waals surface area (Å²) in [5.41, 5.74) is 0. The first-order chi connectivity index (χ1) is 17.4. The van der Waals surface area contributed by atoms with Gasteiger partial charge in [0.25, 0.3) is 0 Å². The molecule has 11 N–H and O–H groups in total. The molecule has 15 atom stereocenters. The van der Waals surface area contributed by atoms with Gasteiger partial charge < -0.3 is 80.1 Å². The van der Waals surface area contributed by atoms with E-state index in [0.717, 1.165) is 6.92 Å². The van der Waals surface area contributed by atoms with Crippen molar-refractivity contribution in [1.82, 2.24) is 5.32 Å². The first-order valence-corrected chi connectivity index (χ1v) is 11.6. The van der Waals surface area contributed by atoms with Crippen molar-refractivity contribution in [3.63, 3.8) is 0 Å². The molecule has 0 radical (unpaired) electrons. The molecule has 3 heterocycles. The van der Waals surface area contributed by atoms with Gasteiger partial charge in [-0.3, -0.25) is 4.79 Å². The van der Waals surface area contributed by atoms with E-state index in [9.17, 15) is 55.9 Å². The lowest BCUT2D eigenvalue weighted by Gasteiger charge is -2.48. The van der Waals surface area contributed by atoms with E-state index in [1.165, 1.54) is 0 Å². The third kappa shape index (κ3) is 6.38. The van der Waals surface area contributed by atoms with Crippen LogP contribution in [0.1, 0.15) is 6.92 Å². The maximum absolute atomic E-state index is 11.6. The second-order valence-electron chi connectivity index (χ2n) is 9.07. The van der Waals surface area contributed by atoms with E-state index < -0.39 is 118 Å². The topological polar surface area (TPSA) is 278 Å². The summed E-state index contributed by atoms with van der Waals surface area (Å²) in [5, 5.41) is 103.